The third kappa shape index (κ3) is 4.89. The first-order valence-electron chi connectivity index (χ1n) is 8.11. The van der Waals surface area contributed by atoms with Crippen LogP contribution in [0, 0.1) is 5.41 Å². The Labute approximate surface area is 114 Å². The van der Waals surface area contributed by atoms with Gasteiger partial charge < -0.3 is 10.2 Å². The maximum absolute atomic E-state index is 3.79. The zero-order valence-electron chi connectivity index (χ0n) is 12.5. The van der Waals surface area contributed by atoms with Crippen molar-refractivity contribution < 1.29 is 0 Å². The van der Waals surface area contributed by atoms with E-state index in [4.69, 9.17) is 0 Å². The Hall–Kier alpha value is -0.0800. The third-order valence-electron chi connectivity index (χ3n) is 4.70. The topological polar surface area (TPSA) is 15.3 Å². The highest BCUT2D eigenvalue weighted by molar-refractivity contribution is 4.80. The molecule has 0 unspecified atom stereocenters. The fourth-order valence-electron chi connectivity index (χ4n) is 3.65. The number of hydrogen-bond donors (Lipinski definition) is 1. The molecule has 2 heteroatoms. The monoisotopic (exact) mass is 252 g/mol. The molecular weight excluding hydrogens is 220 g/mol. The highest BCUT2D eigenvalue weighted by atomic mass is 15.2. The van der Waals surface area contributed by atoms with Crippen molar-refractivity contribution in [2.75, 3.05) is 26.2 Å². The zero-order chi connectivity index (χ0) is 12.8. The van der Waals surface area contributed by atoms with Crippen molar-refractivity contribution >= 4 is 0 Å². The summed E-state index contributed by atoms with van der Waals surface area (Å²) in [5, 5.41) is 3.79. The Kier molecular flexibility index (Phi) is 5.50. The molecule has 1 heterocycles. The van der Waals surface area contributed by atoms with Crippen molar-refractivity contribution in [3.05, 3.63) is 0 Å². The van der Waals surface area contributed by atoms with Crippen LogP contribution in [0.25, 0.3) is 0 Å². The van der Waals surface area contributed by atoms with Crippen molar-refractivity contribution in [1.82, 2.24) is 10.2 Å². The van der Waals surface area contributed by atoms with Gasteiger partial charge in [0.25, 0.3) is 0 Å². The predicted molar refractivity (Wildman–Crippen MR) is 78.9 cm³/mol. The highest BCUT2D eigenvalue weighted by Crippen LogP contribution is 2.27. The molecular formula is C16H32N2. The summed E-state index contributed by atoms with van der Waals surface area (Å²) in [6.45, 7) is 9.88. The zero-order valence-corrected chi connectivity index (χ0v) is 12.5. The van der Waals surface area contributed by atoms with Crippen LogP contribution in [0.1, 0.15) is 65.2 Å². The van der Waals surface area contributed by atoms with Crippen LogP contribution in [0.5, 0.6) is 0 Å². The smallest absolute Gasteiger partial charge is 0.0107 e. The summed E-state index contributed by atoms with van der Waals surface area (Å²) < 4.78 is 0. The summed E-state index contributed by atoms with van der Waals surface area (Å²) in [6, 6.07) is 0.810. The highest BCUT2D eigenvalue weighted by Gasteiger charge is 2.25. The average molecular weight is 252 g/mol. The molecule has 18 heavy (non-hydrogen) atoms. The number of nitrogens with one attached hydrogen (secondary N) is 1. The first-order valence-corrected chi connectivity index (χ1v) is 8.11. The maximum Gasteiger partial charge on any atom is 0.0107 e. The van der Waals surface area contributed by atoms with Crippen LogP contribution in [0.4, 0.5) is 0 Å². The molecule has 1 saturated heterocycles. The second-order valence-electron chi connectivity index (χ2n) is 7.19. The first-order chi connectivity index (χ1) is 8.66. The van der Waals surface area contributed by atoms with Crippen LogP contribution >= 0.6 is 0 Å². The quantitative estimate of drug-likeness (QED) is 0.771. The Bertz CT molecular complexity index is 229. The van der Waals surface area contributed by atoms with Gasteiger partial charge in [-0.1, -0.05) is 39.5 Å². The van der Waals surface area contributed by atoms with Gasteiger partial charge in [0.2, 0.25) is 0 Å². The summed E-state index contributed by atoms with van der Waals surface area (Å²) in [6.07, 6.45) is 11.4. The molecule has 2 rings (SSSR count). The lowest BCUT2D eigenvalue weighted by Crippen LogP contribution is -2.44. The van der Waals surface area contributed by atoms with Crippen LogP contribution in [0.15, 0.2) is 0 Å². The number of likely N-dealkylation sites (tertiary alicyclic amines) is 1. The van der Waals surface area contributed by atoms with Crippen LogP contribution in [0.2, 0.25) is 0 Å². The Morgan fingerprint density at radius 2 is 1.78 bits per heavy atom. The summed E-state index contributed by atoms with van der Waals surface area (Å²) in [4.78, 5) is 2.66. The fourth-order valence-corrected chi connectivity index (χ4v) is 3.65. The minimum absolute atomic E-state index is 0.542. The molecule has 0 aromatic heterocycles. The molecule has 1 saturated carbocycles. The molecule has 0 bridgehead atoms. The molecule has 0 aromatic carbocycles. The van der Waals surface area contributed by atoms with Crippen LogP contribution < -0.4 is 5.32 Å². The van der Waals surface area contributed by atoms with Gasteiger partial charge in [-0.05, 0) is 37.6 Å². The summed E-state index contributed by atoms with van der Waals surface area (Å²) in [5.74, 6) is 0. The van der Waals surface area contributed by atoms with Gasteiger partial charge in [0.1, 0.15) is 0 Å². The normalized spacial score (nSPS) is 27.0. The molecule has 0 atom stereocenters. The molecule has 2 nitrogen and oxygen atoms in total. The van der Waals surface area contributed by atoms with Crippen LogP contribution in [-0.4, -0.2) is 37.1 Å². The van der Waals surface area contributed by atoms with Crippen LogP contribution in [0.3, 0.4) is 0 Å². The lowest BCUT2D eigenvalue weighted by Gasteiger charge is -2.38. The van der Waals surface area contributed by atoms with E-state index in [9.17, 15) is 0 Å². The van der Waals surface area contributed by atoms with E-state index in [1.165, 1.54) is 77.5 Å². The van der Waals surface area contributed by atoms with E-state index in [2.05, 4.69) is 24.1 Å². The van der Waals surface area contributed by atoms with E-state index in [0.29, 0.717) is 5.41 Å². The van der Waals surface area contributed by atoms with E-state index in [1.807, 2.05) is 0 Å². The summed E-state index contributed by atoms with van der Waals surface area (Å²) >= 11 is 0. The van der Waals surface area contributed by atoms with Gasteiger partial charge in [-0.2, -0.15) is 0 Å². The van der Waals surface area contributed by atoms with E-state index in [1.54, 1.807) is 0 Å². The molecule has 106 valence electrons. The maximum atomic E-state index is 3.79. The van der Waals surface area contributed by atoms with E-state index >= 15 is 0 Å². The number of piperidine rings is 1. The van der Waals surface area contributed by atoms with Gasteiger partial charge in [-0.25, -0.2) is 0 Å². The fraction of sp³-hybridized carbons (Fsp3) is 1.00. The molecule has 1 N–H and O–H groups in total. The number of hydrogen-bond acceptors (Lipinski definition) is 2. The molecule has 2 aliphatic rings. The van der Waals surface area contributed by atoms with E-state index in [-0.39, 0.29) is 0 Å². The van der Waals surface area contributed by atoms with Crippen LogP contribution in [-0.2, 0) is 0 Å². The largest absolute Gasteiger partial charge is 0.313 e. The first kappa shape index (κ1) is 14.3. The van der Waals surface area contributed by atoms with Gasteiger partial charge in [-0.3, -0.25) is 0 Å². The van der Waals surface area contributed by atoms with E-state index < -0.39 is 0 Å². The standard InChI is InChI=1S/C16H32N2/c1-16(2)10-7-12-18(14-16)13-11-17-15-8-5-3-4-6-9-15/h15,17H,3-14H2,1-2H3. The minimum Gasteiger partial charge on any atom is -0.313 e. The van der Waals surface area contributed by atoms with Crippen molar-refractivity contribution in [2.45, 2.75) is 71.3 Å². The van der Waals surface area contributed by atoms with Crippen molar-refractivity contribution in [3.8, 4) is 0 Å². The third-order valence-corrected chi connectivity index (χ3v) is 4.70. The molecule has 0 aromatic rings. The molecule has 1 aliphatic carbocycles. The predicted octanol–water partition coefficient (Wildman–Crippen LogP) is 3.42. The molecule has 2 fully saturated rings. The minimum atomic E-state index is 0.542. The summed E-state index contributed by atoms with van der Waals surface area (Å²) in [7, 11) is 0. The Morgan fingerprint density at radius 1 is 1.06 bits per heavy atom. The van der Waals surface area contributed by atoms with Gasteiger partial charge in [0, 0.05) is 25.7 Å². The van der Waals surface area contributed by atoms with Gasteiger partial charge in [-0.15, -0.1) is 0 Å². The molecule has 0 radical (unpaired) electrons. The Balaban J connectivity index is 1.62. The second kappa shape index (κ2) is 6.91. The van der Waals surface area contributed by atoms with Crippen molar-refractivity contribution in [1.29, 1.82) is 0 Å². The van der Waals surface area contributed by atoms with Gasteiger partial charge >= 0.3 is 0 Å². The van der Waals surface area contributed by atoms with Crippen molar-refractivity contribution in [3.63, 3.8) is 0 Å². The summed E-state index contributed by atoms with van der Waals surface area (Å²) in [5.41, 5.74) is 0.542. The van der Waals surface area contributed by atoms with Gasteiger partial charge in [0.15, 0.2) is 0 Å². The average Bonchev–Trinajstić information content (AvgIpc) is 2.56. The Morgan fingerprint density at radius 3 is 2.44 bits per heavy atom. The van der Waals surface area contributed by atoms with E-state index in [0.717, 1.165) is 6.04 Å². The SMILES string of the molecule is CC1(C)CCCN(CCNC2CCCCCC2)C1. The van der Waals surface area contributed by atoms with Crippen molar-refractivity contribution in [2.24, 2.45) is 5.41 Å². The number of nitrogens with zero attached hydrogens (tertiary/aromatic N) is 1. The van der Waals surface area contributed by atoms with Gasteiger partial charge in [0.05, 0.1) is 0 Å². The number of rotatable bonds is 4. The lowest BCUT2D eigenvalue weighted by molar-refractivity contribution is 0.117. The molecule has 0 amide bonds. The lowest BCUT2D eigenvalue weighted by atomic mass is 9.84. The molecule has 1 aliphatic heterocycles. The molecule has 0 spiro atoms. The second-order valence-corrected chi connectivity index (χ2v) is 7.19.